The van der Waals surface area contributed by atoms with Gasteiger partial charge in [-0.05, 0) is 12.1 Å². The van der Waals surface area contributed by atoms with E-state index in [-0.39, 0.29) is 6.03 Å². The van der Waals surface area contributed by atoms with Gasteiger partial charge < -0.3 is 14.8 Å². The summed E-state index contributed by atoms with van der Waals surface area (Å²) in [5.74, 6) is 1.42. The standard InChI is InChI=1S/C12H16N2O3/c1-13-12(15)14(2)9-4-5-10-11(8-9)17-7-3-6-16-10/h4-5,8H,3,6-7H2,1-2H3,(H,13,15). The lowest BCUT2D eigenvalue weighted by molar-refractivity contribution is 0.249. The van der Waals surface area contributed by atoms with Gasteiger partial charge >= 0.3 is 6.03 Å². The summed E-state index contributed by atoms with van der Waals surface area (Å²) in [5.41, 5.74) is 0.772. The van der Waals surface area contributed by atoms with Crippen LogP contribution in [0, 0.1) is 0 Å². The van der Waals surface area contributed by atoms with Gasteiger partial charge in [-0.2, -0.15) is 0 Å². The molecule has 0 spiro atoms. The number of anilines is 1. The fourth-order valence-electron chi connectivity index (χ4n) is 1.65. The third kappa shape index (κ3) is 2.43. The van der Waals surface area contributed by atoms with Gasteiger partial charge in [-0.25, -0.2) is 4.79 Å². The highest BCUT2D eigenvalue weighted by molar-refractivity contribution is 5.91. The van der Waals surface area contributed by atoms with Crippen molar-refractivity contribution in [1.82, 2.24) is 5.32 Å². The number of rotatable bonds is 1. The number of hydrogen-bond acceptors (Lipinski definition) is 3. The first-order valence-corrected chi connectivity index (χ1v) is 5.57. The van der Waals surface area contributed by atoms with Crippen molar-refractivity contribution < 1.29 is 14.3 Å². The molecule has 0 aromatic heterocycles. The van der Waals surface area contributed by atoms with Crippen LogP contribution >= 0.6 is 0 Å². The van der Waals surface area contributed by atoms with Crippen LogP contribution in [0.4, 0.5) is 10.5 Å². The van der Waals surface area contributed by atoms with Gasteiger partial charge in [0, 0.05) is 32.3 Å². The summed E-state index contributed by atoms with van der Waals surface area (Å²) >= 11 is 0. The summed E-state index contributed by atoms with van der Waals surface area (Å²) in [4.78, 5) is 13.0. The molecule has 0 atom stereocenters. The maximum absolute atomic E-state index is 11.5. The number of fused-ring (bicyclic) bond motifs is 1. The fourth-order valence-corrected chi connectivity index (χ4v) is 1.65. The number of carbonyl (C=O) groups excluding carboxylic acids is 1. The van der Waals surface area contributed by atoms with Gasteiger partial charge in [-0.1, -0.05) is 0 Å². The van der Waals surface area contributed by atoms with Gasteiger partial charge in [0.05, 0.1) is 13.2 Å². The predicted octanol–water partition coefficient (Wildman–Crippen LogP) is 1.62. The maximum Gasteiger partial charge on any atom is 0.321 e. The molecule has 0 saturated heterocycles. The van der Waals surface area contributed by atoms with Crippen molar-refractivity contribution in [2.45, 2.75) is 6.42 Å². The highest BCUT2D eigenvalue weighted by atomic mass is 16.5. The molecule has 0 aliphatic carbocycles. The molecule has 0 saturated carbocycles. The molecule has 5 nitrogen and oxygen atoms in total. The number of amides is 2. The zero-order valence-electron chi connectivity index (χ0n) is 10.0. The molecule has 2 amide bonds. The van der Waals surface area contributed by atoms with E-state index in [9.17, 15) is 4.79 Å². The Morgan fingerprint density at radius 3 is 2.71 bits per heavy atom. The lowest BCUT2D eigenvalue weighted by Gasteiger charge is -2.18. The van der Waals surface area contributed by atoms with Crippen LogP contribution in [0.2, 0.25) is 0 Å². The quantitative estimate of drug-likeness (QED) is 0.806. The van der Waals surface area contributed by atoms with Gasteiger partial charge in [-0.15, -0.1) is 0 Å². The summed E-state index contributed by atoms with van der Waals surface area (Å²) in [5, 5.41) is 2.57. The van der Waals surface area contributed by atoms with Gasteiger partial charge in [-0.3, -0.25) is 4.90 Å². The van der Waals surface area contributed by atoms with Crippen molar-refractivity contribution >= 4 is 11.7 Å². The molecule has 0 bridgehead atoms. The van der Waals surface area contributed by atoms with Crippen LogP contribution < -0.4 is 19.7 Å². The second kappa shape index (κ2) is 4.95. The topological polar surface area (TPSA) is 50.8 Å². The molecule has 0 radical (unpaired) electrons. The average Bonchev–Trinajstić information content (AvgIpc) is 2.61. The number of benzene rings is 1. The van der Waals surface area contributed by atoms with Crippen molar-refractivity contribution in [2.75, 3.05) is 32.2 Å². The highest BCUT2D eigenvalue weighted by Gasteiger charge is 2.14. The van der Waals surface area contributed by atoms with E-state index in [0.29, 0.717) is 19.0 Å². The first-order chi connectivity index (χ1) is 8.22. The molecule has 17 heavy (non-hydrogen) atoms. The number of nitrogens with one attached hydrogen (secondary N) is 1. The van der Waals surface area contributed by atoms with Crippen LogP contribution in [0.3, 0.4) is 0 Å². The Morgan fingerprint density at radius 1 is 1.29 bits per heavy atom. The van der Waals surface area contributed by atoms with Crippen LogP contribution in [-0.4, -0.2) is 33.3 Å². The van der Waals surface area contributed by atoms with Crippen LogP contribution in [-0.2, 0) is 0 Å². The van der Waals surface area contributed by atoms with E-state index in [1.54, 1.807) is 14.1 Å². The van der Waals surface area contributed by atoms with Crippen LogP contribution in [0.5, 0.6) is 11.5 Å². The predicted molar refractivity (Wildman–Crippen MR) is 64.9 cm³/mol. The number of nitrogens with zero attached hydrogens (tertiary/aromatic N) is 1. The van der Waals surface area contributed by atoms with Crippen LogP contribution in [0.1, 0.15) is 6.42 Å². The monoisotopic (exact) mass is 236 g/mol. The first-order valence-electron chi connectivity index (χ1n) is 5.57. The lowest BCUT2D eigenvalue weighted by Crippen LogP contribution is -2.34. The summed E-state index contributed by atoms with van der Waals surface area (Å²) in [6.45, 7) is 1.30. The SMILES string of the molecule is CNC(=O)N(C)c1ccc2c(c1)OCCCO2. The van der Waals surface area contributed by atoms with E-state index in [1.807, 2.05) is 18.2 Å². The molecule has 1 aromatic carbocycles. The van der Waals surface area contributed by atoms with E-state index in [2.05, 4.69) is 5.32 Å². The molecular weight excluding hydrogens is 220 g/mol. The van der Waals surface area contributed by atoms with Crippen molar-refractivity contribution in [3.63, 3.8) is 0 Å². The summed E-state index contributed by atoms with van der Waals surface area (Å²) in [7, 11) is 3.31. The lowest BCUT2D eigenvalue weighted by atomic mass is 10.2. The molecular formula is C12H16N2O3. The Bertz CT molecular complexity index is 420. The molecule has 5 heteroatoms. The number of carbonyl (C=O) groups is 1. The molecule has 1 aliphatic rings. The van der Waals surface area contributed by atoms with Crippen LogP contribution in [0.15, 0.2) is 18.2 Å². The van der Waals surface area contributed by atoms with E-state index in [4.69, 9.17) is 9.47 Å². The maximum atomic E-state index is 11.5. The zero-order chi connectivity index (χ0) is 12.3. The van der Waals surface area contributed by atoms with Gasteiger partial charge in [0.25, 0.3) is 0 Å². The minimum absolute atomic E-state index is 0.167. The second-order valence-electron chi connectivity index (χ2n) is 3.80. The van der Waals surface area contributed by atoms with Gasteiger partial charge in [0.1, 0.15) is 0 Å². The number of ether oxygens (including phenoxy) is 2. The normalized spacial score (nSPS) is 13.8. The van der Waals surface area contributed by atoms with Crippen molar-refractivity contribution in [1.29, 1.82) is 0 Å². The Balaban J connectivity index is 2.26. The van der Waals surface area contributed by atoms with Gasteiger partial charge in [0.15, 0.2) is 11.5 Å². The Labute approximate surface area is 100 Å². The zero-order valence-corrected chi connectivity index (χ0v) is 10.0. The van der Waals surface area contributed by atoms with E-state index >= 15 is 0 Å². The van der Waals surface area contributed by atoms with Crippen molar-refractivity contribution in [3.8, 4) is 11.5 Å². The van der Waals surface area contributed by atoms with Crippen molar-refractivity contribution in [2.24, 2.45) is 0 Å². The molecule has 1 aliphatic heterocycles. The van der Waals surface area contributed by atoms with Gasteiger partial charge in [0.2, 0.25) is 0 Å². The minimum Gasteiger partial charge on any atom is -0.490 e. The van der Waals surface area contributed by atoms with Crippen LogP contribution in [0.25, 0.3) is 0 Å². The van der Waals surface area contributed by atoms with E-state index in [1.165, 1.54) is 4.90 Å². The Hall–Kier alpha value is -1.91. The summed E-state index contributed by atoms with van der Waals surface area (Å²) in [6.07, 6.45) is 0.870. The smallest absolute Gasteiger partial charge is 0.321 e. The average molecular weight is 236 g/mol. The summed E-state index contributed by atoms with van der Waals surface area (Å²) < 4.78 is 11.1. The second-order valence-corrected chi connectivity index (χ2v) is 3.80. The molecule has 0 unspecified atom stereocenters. The molecule has 2 rings (SSSR count). The highest BCUT2D eigenvalue weighted by Crippen LogP contribution is 2.33. The molecule has 0 fully saturated rings. The summed E-state index contributed by atoms with van der Waals surface area (Å²) in [6, 6.07) is 5.31. The first kappa shape index (κ1) is 11.6. The molecule has 1 N–H and O–H groups in total. The molecule has 1 heterocycles. The number of urea groups is 1. The minimum atomic E-state index is -0.167. The Morgan fingerprint density at radius 2 is 2.00 bits per heavy atom. The fraction of sp³-hybridized carbons (Fsp3) is 0.417. The third-order valence-electron chi connectivity index (χ3n) is 2.64. The van der Waals surface area contributed by atoms with E-state index < -0.39 is 0 Å². The molecule has 92 valence electrons. The largest absolute Gasteiger partial charge is 0.490 e. The molecule has 1 aromatic rings. The Kier molecular flexibility index (Phi) is 3.37. The van der Waals surface area contributed by atoms with Crippen molar-refractivity contribution in [3.05, 3.63) is 18.2 Å². The number of hydrogen-bond donors (Lipinski definition) is 1. The van der Waals surface area contributed by atoms with E-state index in [0.717, 1.165) is 17.9 Å². The third-order valence-corrected chi connectivity index (χ3v) is 2.64.